The van der Waals surface area contributed by atoms with Gasteiger partial charge in [-0.2, -0.15) is 11.8 Å². The number of nitrogens with zero attached hydrogens (tertiary/aromatic N) is 1. The molecule has 11 heteroatoms. The quantitative estimate of drug-likeness (QED) is 0.247. The first-order valence-corrected chi connectivity index (χ1v) is 11.5. The van der Waals surface area contributed by atoms with E-state index in [9.17, 15) is 29.6 Å². The van der Waals surface area contributed by atoms with E-state index in [0.29, 0.717) is 11.3 Å². The topological polar surface area (TPSA) is 139 Å². The van der Waals surface area contributed by atoms with Crippen molar-refractivity contribution in [1.82, 2.24) is 10.6 Å². The Balaban J connectivity index is 2.32. The zero-order valence-electron chi connectivity index (χ0n) is 16.9. The maximum atomic E-state index is 12.8. The molecular weight excluding hydrogens is 502 g/mol. The molecule has 32 heavy (non-hydrogen) atoms. The third-order valence-corrected chi connectivity index (χ3v) is 5.40. The Hall–Kier alpha value is -3.18. The molecule has 2 rings (SSSR count). The van der Waals surface area contributed by atoms with E-state index in [1.165, 1.54) is 42.1 Å². The smallest absolute Gasteiger partial charge is 0.326 e. The fourth-order valence-corrected chi connectivity index (χ4v) is 3.28. The molecule has 0 saturated heterocycles. The molecule has 2 aromatic rings. The van der Waals surface area contributed by atoms with Crippen molar-refractivity contribution in [2.24, 2.45) is 0 Å². The van der Waals surface area contributed by atoms with Crippen LogP contribution in [0.1, 0.15) is 22.3 Å². The minimum atomic E-state index is -1.19. The second kappa shape index (κ2) is 12.0. The van der Waals surface area contributed by atoms with Crippen LogP contribution in [0.5, 0.6) is 0 Å². The van der Waals surface area contributed by atoms with Crippen LogP contribution in [0.4, 0.5) is 5.69 Å². The monoisotopic (exact) mass is 521 g/mol. The van der Waals surface area contributed by atoms with E-state index >= 15 is 0 Å². The summed E-state index contributed by atoms with van der Waals surface area (Å²) >= 11 is 4.72. The SMILES string of the molecule is CSCC[C@@H](NC(=O)/C(=C/c1ccc([N+](=O)[O-])cc1)NC(=O)c1ccc(Br)cc1)C(=O)O. The number of hydrogen-bond donors (Lipinski definition) is 3. The molecule has 0 saturated carbocycles. The average molecular weight is 522 g/mol. The number of nitrogens with one attached hydrogen (secondary N) is 2. The number of carbonyl (C=O) groups excluding carboxylic acids is 2. The number of nitro groups is 1. The fraction of sp³-hybridized carbons (Fsp3) is 0.190. The number of carbonyl (C=O) groups is 3. The summed E-state index contributed by atoms with van der Waals surface area (Å²) in [5.41, 5.74) is 0.373. The van der Waals surface area contributed by atoms with E-state index in [1.807, 2.05) is 6.26 Å². The van der Waals surface area contributed by atoms with Crippen molar-refractivity contribution in [3.8, 4) is 0 Å². The van der Waals surface area contributed by atoms with E-state index < -0.39 is 28.7 Å². The molecule has 0 aliphatic rings. The first-order valence-electron chi connectivity index (χ1n) is 9.27. The Morgan fingerprint density at radius 3 is 2.31 bits per heavy atom. The molecule has 2 amide bonds. The number of non-ortho nitro benzene ring substituents is 1. The van der Waals surface area contributed by atoms with E-state index in [-0.39, 0.29) is 23.4 Å². The summed E-state index contributed by atoms with van der Waals surface area (Å²) in [6.45, 7) is 0. The summed E-state index contributed by atoms with van der Waals surface area (Å²) in [6, 6.07) is 10.7. The van der Waals surface area contributed by atoms with Crippen LogP contribution >= 0.6 is 27.7 Å². The number of nitro benzene ring substituents is 1. The lowest BCUT2D eigenvalue weighted by Crippen LogP contribution is -2.44. The van der Waals surface area contributed by atoms with Crippen molar-refractivity contribution in [3.05, 3.63) is 79.9 Å². The van der Waals surface area contributed by atoms with E-state index in [1.54, 1.807) is 24.3 Å². The van der Waals surface area contributed by atoms with Crippen molar-refractivity contribution in [1.29, 1.82) is 0 Å². The number of aliphatic carboxylic acids is 1. The molecule has 168 valence electrons. The van der Waals surface area contributed by atoms with Crippen LogP contribution in [0, 0.1) is 10.1 Å². The number of benzene rings is 2. The molecule has 0 radical (unpaired) electrons. The van der Waals surface area contributed by atoms with E-state index in [2.05, 4.69) is 26.6 Å². The van der Waals surface area contributed by atoms with Crippen LogP contribution < -0.4 is 10.6 Å². The third kappa shape index (κ3) is 7.50. The van der Waals surface area contributed by atoms with Gasteiger partial charge in [0, 0.05) is 22.2 Å². The van der Waals surface area contributed by atoms with Gasteiger partial charge in [0.05, 0.1) is 4.92 Å². The molecule has 9 nitrogen and oxygen atoms in total. The van der Waals surface area contributed by atoms with Gasteiger partial charge in [-0.25, -0.2) is 4.79 Å². The molecule has 0 aromatic heterocycles. The van der Waals surface area contributed by atoms with Crippen LogP contribution in [-0.4, -0.2) is 45.9 Å². The Kier molecular flexibility index (Phi) is 9.41. The summed E-state index contributed by atoms with van der Waals surface area (Å²) in [5, 5.41) is 25.2. The molecule has 0 aliphatic carbocycles. The highest BCUT2D eigenvalue weighted by atomic mass is 79.9. The maximum Gasteiger partial charge on any atom is 0.326 e. The van der Waals surface area contributed by atoms with Crippen LogP contribution in [-0.2, 0) is 9.59 Å². The highest BCUT2D eigenvalue weighted by Crippen LogP contribution is 2.15. The van der Waals surface area contributed by atoms with Crippen LogP contribution in [0.15, 0.2) is 58.7 Å². The molecule has 0 aliphatic heterocycles. The molecule has 3 N–H and O–H groups in total. The zero-order valence-corrected chi connectivity index (χ0v) is 19.3. The molecule has 2 aromatic carbocycles. The number of carboxylic acid groups (broad SMARTS) is 1. The molecule has 0 unspecified atom stereocenters. The Bertz CT molecular complexity index is 1020. The predicted molar refractivity (Wildman–Crippen MR) is 125 cm³/mol. The zero-order chi connectivity index (χ0) is 23.7. The van der Waals surface area contributed by atoms with Crippen molar-refractivity contribution >= 4 is 57.2 Å². The van der Waals surface area contributed by atoms with Gasteiger partial charge in [0.1, 0.15) is 11.7 Å². The van der Waals surface area contributed by atoms with Gasteiger partial charge in [-0.05, 0) is 66.5 Å². The highest BCUT2D eigenvalue weighted by molar-refractivity contribution is 9.10. The summed E-state index contributed by atoms with van der Waals surface area (Å²) < 4.78 is 0.770. The second-order valence-electron chi connectivity index (χ2n) is 6.51. The number of hydrogen-bond acceptors (Lipinski definition) is 6. The maximum absolute atomic E-state index is 12.8. The van der Waals surface area contributed by atoms with Crippen molar-refractivity contribution < 1.29 is 24.4 Å². The molecule has 1 atom stereocenters. The van der Waals surface area contributed by atoms with Crippen LogP contribution in [0.25, 0.3) is 6.08 Å². The Morgan fingerprint density at radius 1 is 1.16 bits per heavy atom. The Labute approximate surface area is 196 Å². The van der Waals surface area contributed by atoms with Gasteiger partial charge in [-0.15, -0.1) is 0 Å². The molecule has 0 spiro atoms. The van der Waals surface area contributed by atoms with Crippen molar-refractivity contribution in [3.63, 3.8) is 0 Å². The molecule has 0 fully saturated rings. The first kappa shape index (κ1) is 25.1. The lowest BCUT2D eigenvalue weighted by Gasteiger charge is -2.16. The summed E-state index contributed by atoms with van der Waals surface area (Å²) in [5.74, 6) is -2.04. The molecular formula is C21H20BrN3O6S. The number of carboxylic acids is 1. The third-order valence-electron chi connectivity index (χ3n) is 4.23. The van der Waals surface area contributed by atoms with Gasteiger partial charge in [0.25, 0.3) is 17.5 Å². The number of rotatable bonds is 10. The lowest BCUT2D eigenvalue weighted by molar-refractivity contribution is -0.384. The van der Waals surface area contributed by atoms with Gasteiger partial charge < -0.3 is 15.7 Å². The average Bonchev–Trinajstić information content (AvgIpc) is 2.76. The van der Waals surface area contributed by atoms with Crippen molar-refractivity contribution in [2.75, 3.05) is 12.0 Å². The summed E-state index contributed by atoms with van der Waals surface area (Å²) in [7, 11) is 0. The normalized spacial score (nSPS) is 12.0. The van der Waals surface area contributed by atoms with E-state index in [0.717, 1.165) is 4.47 Å². The minimum Gasteiger partial charge on any atom is -0.480 e. The number of amides is 2. The minimum absolute atomic E-state index is 0.130. The first-order chi connectivity index (χ1) is 15.2. The molecule has 0 bridgehead atoms. The number of thioether (sulfide) groups is 1. The van der Waals surface area contributed by atoms with Gasteiger partial charge in [-0.3, -0.25) is 19.7 Å². The van der Waals surface area contributed by atoms with Crippen molar-refractivity contribution in [2.45, 2.75) is 12.5 Å². The highest BCUT2D eigenvalue weighted by Gasteiger charge is 2.23. The van der Waals surface area contributed by atoms with Crippen LogP contribution in [0.2, 0.25) is 0 Å². The van der Waals surface area contributed by atoms with Gasteiger partial charge in [-0.1, -0.05) is 15.9 Å². The van der Waals surface area contributed by atoms with Gasteiger partial charge >= 0.3 is 5.97 Å². The van der Waals surface area contributed by atoms with Gasteiger partial charge in [0.15, 0.2) is 0 Å². The number of halogens is 1. The predicted octanol–water partition coefficient (Wildman–Crippen LogP) is 3.45. The Morgan fingerprint density at radius 2 is 1.78 bits per heavy atom. The summed E-state index contributed by atoms with van der Waals surface area (Å²) in [6.07, 6.45) is 3.34. The molecule has 0 heterocycles. The summed E-state index contributed by atoms with van der Waals surface area (Å²) in [4.78, 5) is 47.3. The van der Waals surface area contributed by atoms with Gasteiger partial charge in [0.2, 0.25) is 0 Å². The lowest BCUT2D eigenvalue weighted by atomic mass is 10.1. The van der Waals surface area contributed by atoms with Crippen LogP contribution in [0.3, 0.4) is 0 Å². The second-order valence-corrected chi connectivity index (χ2v) is 8.41. The standard InChI is InChI=1S/C21H20BrN3O6S/c1-32-11-10-17(21(28)29)23-20(27)18(12-13-2-8-16(9-3-13)25(30)31)24-19(26)14-4-6-15(22)7-5-14/h2-9,12,17H,10-11H2,1H3,(H,23,27)(H,24,26)(H,28,29)/b18-12-/t17-/m1/s1. The largest absolute Gasteiger partial charge is 0.480 e. The fourth-order valence-electron chi connectivity index (χ4n) is 2.54. The van der Waals surface area contributed by atoms with E-state index in [4.69, 9.17) is 0 Å².